The van der Waals surface area contributed by atoms with E-state index in [1.807, 2.05) is 42.5 Å². The summed E-state index contributed by atoms with van der Waals surface area (Å²) in [6, 6.07) is 15.5. The molecule has 0 saturated carbocycles. The third-order valence-electron chi connectivity index (χ3n) is 5.09. The summed E-state index contributed by atoms with van der Waals surface area (Å²) >= 11 is 0. The Morgan fingerprint density at radius 2 is 1.92 bits per heavy atom. The van der Waals surface area contributed by atoms with Crippen molar-refractivity contribution < 1.29 is 13.5 Å². The van der Waals surface area contributed by atoms with Crippen LogP contribution in [0.2, 0.25) is 0 Å². The fraction of sp³-hybridized carbons (Fsp3) is 0.429. The average molecular weight is 358 g/mol. The van der Waals surface area contributed by atoms with Gasteiger partial charge >= 0.3 is 0 Å². The second-order valence-electron chi connectivity index (χ2n) is 7.27. The van der Waals surface area contributed by atoms with E-state index in [-0.39, 0.29) is 19.1 Å². The van der Waals surface area contributed by atoms with E-state index in [1.54, 1.807) is 4.90 Å². The molecule has 0 unspecified atom stereocenters. The van der Waals surface area contributed by atoms with E-state index in [0.717, 1.165) is 24.3 Å². The van der Waals surface area contributed by atoms with Gasteiger partial charge < -0.3 is 10.1 Å². The fourth-order valence-corrected chi connectivity index (χ4v) is 3.65. The van der Waals surface area contributed by atoms with Crippen LogP contribution in [0.5, 0.6) is 5.75 Å². The third kappa shape index (κ3) is 4.15. The molecule has 2 aliphatic heterocycles. The van der Waals surface area contributed by atoms with Crippen molar-refractivity contribution in [1.29, 1.82) is 0 Å². The van der Waals surface area contributed by atoms with Crippen LogP contribution >= 0.6 is 0 Å². The van der Waals surface area contributed by atoms with Gasteiger partial charge in [-0.2, -0.15) is 0 Å². The molecule has 0 radical (unpaired) electrons. The van der Waals surface area contributed by atoms with Crippen molar-refractivity contribution >= 4 is 5.69 Å². The summed E-state index contributed by atoms with van der Waals surface area (Å²) in [5, 5.41) is 3.32. The lowest BCUT2D eigenvalue weighted by Gasteiger charge is -2.40. The molecule has 2 aromatic carbocycles. The molecule has 2 heterocycles. The molecule has 1 N–H and O–H groups in total. The largest absolute Gasteiger partial charge is 0.488 e. The highest BCUT2D eigenvalue weighted by molar-refractivity contribution is 5.57. The van der Waals surface area contributed by atoms with Gasteiger partial charge in [-0.3, -0.25) is 4.90 Å². The number of likely N-dealkylation sites (tertiary alicyclic amines) is 1. The summed E-state index contributed by atoms with van der Waals surface area (Å²) in [6.45, 7) is 1.91. The molecule has 0 spiro atoms. The molecular formula is C21H24F2N2O. The Balaban J connectivity index is 1.22. The fourth-order valence-electron chi connectivity index (χ4n) is 3.65. The van der Waals surface area contributed by atoms with Crippen LogP contribution in [0, 0.1) is 0 Å². The Bertz CT molecular complexity index is 745. The molecule has 0 amide bonds. The van der Waals surface area contributed by atoms with Crippen molar-refractivity contribution in [2.24, 2.45) is 0 Å². The smallest absolute Gasteiger partial charge is 0.260 e. The maximum absolute atomic E-state index is 14.2. The van der Waals surface area contributed by atoms with Gasteiger partial charge in [0, 0.05) is 31.7 Å². The molecule has 138 valence electrons. The number of hydrogen-bond acceptors (Lipinski definition) is 3. The lowest BCUT2D eigenvalue weighted by molar-refractivity contribution is -0.0793. The molecule has 1 saturated heterocycles. The number of nitrogens with zero attached hydrogens (tertiary/aromatic N) is 1. The number of fused-ring (bicyclic) bond motifs is 1. The van der Waals surface area contributed by atoms with E-state index < -0.39 is 5.92 Å². The van der Waals surface area contributed by atoms with Gasteiger partial charge in [0.15, 0.2) is 0 Å². The number of anilines is 1. The van der Waals surface area contributed by atoms with E-state index in [4.69, 9.17) is 4.74 Å². The molecule has 2 aromatic rings. The van der Waals surface area contributed by atoms with E-state index in [1.165, 1.54) is 11.3 Å². The number of ether oxygens (including phenoxy) is 1. The first-order chi connectivity index (χ1) is 12.6. The number of aryl methyl sites for hydroxylation is 1. The summed E-state index contributed by atoms with van der Waals surface area (Å²) in [5.41, 5.74) is 3.40. The SMILES string of the molecule is FC(F)(CCc1ccccc1)CN1CC(Oc2ccc3c(c2)CCN3)C1. The Hall–Kier alpha value is -2.14. The molecule has 0 aromatic heterocycles. The first-order valence-corrected chi connectivity index (χ1v) is 9.25. The predicted octanol–water partition coefficient (Wildman–Crippen LogP) is 3.99. The molecule has 0 aliphatic carbocycles. The predicted molar refractivity (Wildman–Crippen MR) is 99.2 cm³/mol. The van der Waals surface area contributed by atoms with Crippen molar-refractivity contribution in [3.8, 4) is 5.75 Å². The summed E-state index contributed by atoms with van der Waals surface area (Å²) < 4.78 is 34.3. The maximum atomic E-state index is 14.2. The minimum Gasteiger partial charge on any atom is -0.488 e. The number of alkyl halides is 2. The standard InChI is InChI=1S/C21H24F2N2O/c22-21(23,10-8-16-4-2-1-3-5-16)15-25-13-19(14-25)26-18-6-7-20-17(12-18)9-11-24-20/h1-7,12,19,24H,8-11,13-15H2. The van der Waals surface area contributed by atoms with Crippen molar-refractivity contribution in [1.82, 2.24) is 4.90 Å². The van der Waals surface area contributed by atoms with Crippen LogP contribution in [-0.2, 0) is 12.8 Å². The van der Waals surface area contributed by atoms with Gasteiger partial charge in [-0.1, -0.05) is 30.3 Å². The lowest BCUT2D eigenvalue weighted by atomic mass is 10.0. The number of nitrogens with one attached hydrogen (secondary N) is 1. The zero-order chi connectivity index (χ0) is 18.0. The molecule has 1 fully saturated rings. The van der Waals surface area contributed by atoms with Crippen LogP contribution in [0.4, 0.5) is 14.5 Å². The van der Waals surface area contributed by atoms with Gasteiger partial charge in [0.05, 0.1) is 6.54 Å². The van der Waals surface area contributed by atoms with Crippen LogP contribution < -0.4 is 10.1 Å². The van der Waals surface area contributed by atoms with Gasteiger partial charge in [0.2, 0.25) is 0 Å². The maximum Gasteiger partial charge on any atom is 0.260 e. The van der Waals surface area contributed by atoms with Crippen LogP contribution in [0.15, 0.2) is 48.5 Å². The summed E-state index contributed by atoms with van der Waals surface area (Å²) in [4.78, 5) is 1.78. The zero-order valence-electron chi connectivity index (χ0n) is 14.8. The zero-order valence-corrected chi connectivity index (χ0v) is 14.8. The number of rotatable bonds is 7. The number of halogens is 2. The van der Waals surface area contributed by atoms with E-state index >= 15 is 0 Å². The monoisotopic (exact) mass is 358 g/mol. The van der Waals surface area contributed by atoms with Crippen LogP contribution in [0.1, 0.15) is 17.5 Å². The Kier molecular flexibility index (Phi) is 4.81. The second-order valence-corrected chi connectivity index (χ2v) is 7.27. The van der Waals surface area contributed by atoms with Crippen LogP contribution in [-0.4, -0.2) is 43.1 Å². The van der Waals surface area contributed by atoms with Crippen molar-refractivity contribution in [2.45, 2.75) is 31.3 Å². The summed E-state index contributed by atoms with van der Waals surface area (Å²) in [7, 11) is 0. The number of benzene rings is 2. The van der Waals surface area contributed by atoms with Crippen molar-refractivity contribution in [3.63, 3.8) is 0 Å². The van der Waals surface area contributed by atoms with Crippen LogP contribution in [0.3, 0.4) is 0 Å². The number of hydrogen-bond donors (Lipinski definition) is 1. The van der Waals surface area contributed by atoms with E-state index in [9.17, 15) is 8.78 Å². The highest BCUT2D eigenvalue weighted by Crippen LogP contribution is 2.29. The third-order valence-corrected chi connectivity index (χ3v) is 5.09. The average Bonchev–Trinajstić information content (AvgIpc) is 3.07. The van der Waals surface area contributed by atoms with E-state index in [2.05, 4.69) is 11.4 Å². The molecule has 3 nitrogen and oxygen atoms in total. The van der Waals surface area contributed by atoms with Gasteiger partial charge in [-0.25, -0.2) is 8.78 Å². The Morgan fingerprint density at radius 1 is 1.12 bits per heavy atom. The molecule has 2 aliphatic rings. The first-order valence-electron chi connectivity index (χ1n) is 9.25. The minimum absolute atomic E-state index is 0.00679. The van der Waals surface area contributed by atoms with Gasteiger partial charge in [0.1, 0.15) is 11.9 Å². The molecule has 0 atom stereocenters. The highest BCUT2D eigenvalue weighted by atomic mass is 19.3. The minimum atomic E-state index is -2.67. The summed E-state index contributed by atoms with van der Waals surface area (Å²) in [6.07, 6.45) is 1.31. The topological polar surface area (TPSA) is 24.5 Å². The molecule has 26 heavy (non-hydrogen) atoms. The van der Waals surface area contributed by atoms with Crippen LogP contribution in [0.25, 0.3) is 0 Å². The van der Waals surface area contributed by atoms with Crippen molar-refractivity contribution in [3.05, 3.63) is 59.7 Å². The molecule has 4 rings (SSSR count). The summed E-state index contributed by atoms with van der Waals surface area (Å²) in [5.74, 6) is -1.83. The second kappa shape index (κ2) is 7.23. The molecule has 5 heteroatoms. The Labute approximate surface area is 153 Å². The molecule has 0 bridgehead atoms. The highest BCUT2D eigenvalue weighted by Gasteiger charge is 2.37. The van der Waals surface area contributed by atoms with Crippen molar-refractivity contribution in [2.75, 3.05) is 31.5 Å². The van der Waals surface area contributed by atoms with Gasteiger partial charge in [-0.15, -0.1) is 0 Å². The Morgan fingerprint density at radius 3 is 2.73 bits per heavy atom. The lowest BCUT2D eigenvalue weighted by Crippen LogP contribution is -2.56. The van der Waals surface area contributed by atoms with E-state index in [0.29, 0.717) is 19.5 Å². The van der Waals surface area contributed by atoms with Gasteiger partial charge in [0.25, 0.3) is 5.92 Å². The molecular weight excluding hydrogens is 334 g/mol. The first kappa shape index (κ1) is 17.3. The van der Waals surface area contributed by atoms with Gasteiger partial charge in [-0.05, 0) is 42.2 Å². The normalized spacial score (nSPS) is 17.5. The quantitative estimate of drug-likeness (QED) is 0.810.